The average molecular weight is 284 g/mol. The van der Waals surface area contributed by atoms with E-state index in [-0.39, 0.29) is 0 Å². The number of nitrogens with one attached hydrogen (secondary N) is 1. The lowest BCUT2D eigenvalue weighted by molar-refractivity contribution is 0.0591. The SMILES string of the molecule is CC(C)CNCCCCCCN1CC(C)N(C)C(C)C1. The molecular formula is C17H37N3. The highest BCUT2D eigenvalue weighted by atomic mass is 15.3. The van der Waals surface area contributed by atoms with Crippen molar-refractivity contribution < 1.29 is 0 Å². The summed E-state index contributed by atoms with van der Waals surface area (Å²) >= 11 is 0. The molecule has 3 nitrogen and oxygen atoms in total. The van der Waals surface area contributed by atoms with E-state index < -0.39 is 0 Å². The summed E-state index contributed by atoms with van der Waals surface area (Å²) in [7, 11) is 2.26. The van der Waals surface area contributed by atoms with Gasteiger partial charge < -0.3 is 10.2 Å². The molecule has 0 saturated carbocycles. The minimum Gasteiger partial charge on any atom is -0.316 e. The van der Waals surface area contributed by atoms with Crippen LogP contribution in [0, 0.1) is 5.92 Å². The van der Waals surface area contributed by atoms with Gasteiger partial charge in [-0.1, -0.05) is 26.7 Å². The van der Waals surface area contributed by atoms with Crippen molar-refractivity contribution in [1.29, 1.82) is 0 Å². The number of hydrogen-bond acceptors (Lipinski definition) is 3. The second kappa shape index (κ2) is 9.75. The van der Waals surface area contributed by atoms with E-state index in [1.54, 1.807) is 0 Å². The number of likely N-dealkylation sites (N-methyl/N-ethyl adjacent to an activating group) is 1. The molecule has 1 saturated heterocycles. The lowest BCUT2D eigenvalue weighted by Gasteiger charge is -2.42. The maximum atomic E-state index is 3.53. The van der Waals surface area contributed by atoms with Crippen molar-refractivity contribution in [1.82, 2.24) is 15.1 Å². The van der Waals surface area contributed by atoms with Gasteiger partial charge in [0, 0.05) is 25.2 Å². The van der Waals surface area contributed by atoms with Gasteiger partial charge in [0.1, 0.15) is 0 Å². The van der Waals surface area contributed by atoms with E-state index in [4.69, 9.17) is 0 Å². The molecule has 0 aliphatic carbocycles. The average Bonchev–Trinajstić information content (AvgIpc) is 2.38. The minimum absolute atomic E-state index is 0.707. The van der Waals surface area contributed by atoms with Crippen molar-refractivity contribution in [3.8, 4) is 0 Å². The molecule has 1 heterocycles. The number of hydrogen-bond donors (Lipinski definition) is 1. The van der Waals surface area contributed by atoms with Gasteiger partial charge in [-0.3, -0.25) is 4.90 Å². The normalized spacial score (nSPS) is 25.5. The highest BCUT2D eigenvalue weighted by Crippen LogP contribution is 2.14. The van der Waals surface area contributed by atoms with Crippen molar-refractivity contribution in [3.63, 3.8) is 0 Å². The fourth-order valence-corrected chi connectivity index (χ4v) is 3.03. The highest BCUT2D eigenvalue weighted by Gasteiger charge is 2.25. The van der Waals surface area contributed by atoms with Crippen LogP contribution in [0.3, 0.4) is 0 Å². The Morgan fingerprint density at radius 2 is 1.60 bits per heavy atom. The first-order valence-corrected chi connectivity index (χ1v) is 8.65. The van der Waals surface area contributed by atoms with E-state index in [0.29, 0.717) is 12.1 Å². The van der Waals surface area contributed by atoms with Crippen LogP contribution >= 0.6 is 0 Å². The molecule has 1 rings (SSSR count). The molecule has 2 atom stereocenters. The lowest BCUT2D eigenvalue weighted by Crippen LogP contribution is -2.54. The smallest absolute Gasteiger partial charge is 0.0195 e. The first kappa shape index (κ1) is 17.9. The number of nitrogens with zero attached hydrogens (tertiary/aromatic N) is 2. The quantitative estimate of drug-likeness (QED) is 0.657. The van der Waals surface area contributed by atoms with Crippen LogP contribution in [0.25, 0.3) is 0 Å². The number of piperazine rings is 1. The van der Waals surface area contributed by atoms with Gasteiger partial charge in [0.25, 0.3) is 0 Å². The molecule has 20 heavy (non-hydrogen) atoms. The Morgan fingerprint density at radius 3 is 2.20 bits per heavy atom. The third-order valence-electron chi connectivity index (χ3n) is 4.57. The minimum atomic E-state index is 0.707. The maximum absolute atomic E-state index is 3.53. The van der Waals surface area contributed by atoms with Crippen LogP contribution in [0.15, 0.2) is 0 Å². The fourth-order valence-electron chi connectivity index (χ4n) is 3.03. The van der Waals surface area contributed by atoms with Crippen LogP contribution < -0.4 is 5.32 Å². The Bertz CT molecular complexity index is 230. The molecule has 1 fully saturated rings. The van der Waals surface area contributed by atoms with Gasteiger partial charge in [0.15, 0.2) is 0 Å². The summed E-state index contributed by atoms with van der Waals surface area (Å²) in [5.41, 5.74) is 0. The van der Waals surface area contributed by atoms with Crippen molar-refractivity contribution in [2.24, 2.45) is 5.92 Å². The van der Waals surface area contributed by atoms with Crippen LogP contribution in [-0.2, 0) is 0 Å². The Balaban J connectivity index is 1.96. The molecule has 0 aromatic carbocycles. The molecule has 3 heteroatoms. The van der Waals surface area contributed by atoms with Gasteiger partial charge in [0.2, 0.25) is 0 Å². The summed E-state index contributed by atoms with van der Waals surface area (Å²) in [5, 5.41) is 3.53. The molecule has 120 valence electrons. The Kier molecular flexibility index (Phi) is 8.74. The molecule has 0 amide bonds. The summed E-state index contributed by atoms with van der Waals surface area (Å²) in [5.74, 6) is 0.774. The zero-order valence-electron chi connectivity index (χ0n) is 14.5. The zero-order chi connectivity index (χ0) is 15.0. The number of unbranched alkanes of at least 4 members (excludes halogenated alkanes) is 3. The van der Waals surface area contributed by atoms with Crippen molar-refractivity contribution in [2.75, 3.05) is 39.8 Å². The molecular weight excluding hydrogens is 246 g/mol. The van der Waals surface area contributed by atoms with Gasteiger partial charge in [-0.25, -0.2) is 0 Å². The highest BCUT2D eigenvalue weighted by molar-refractivity contribution is 4.82. The molecule has 2 unspecified atom stereocenters. The molecule has 1 aliphatic rings. The van der Waals surface area contributed by atoms with Crippen molar-refractivity contribution in [3.05, 3.63) is 0 Å². The molecule has 0 bridgehead atoms. The maximum Gasteiger partial charge on any atom is 0.0195 e. The van der Waals surface area contributed by atoms with E-state index in [9.17, 15) is 0 Å². The first-order chi connectivity index (χ1) is 9.50. The van der Waals surface area contributed by atoms with E-state index >= 15 is 0 Å². The largest absolute Gasteiger partial charge is 0.316 e. The van der Waals surface area contributed by atoms with Gasteiger partial charge >= 0.3 is 0 Å². The molecule has 1 N–H and O–H groups in total. The molecule has 0 aromatic heterocycles. The predicted molar refractivity (Wildman–Crippen MR) is 89.3 cm³/mol. The molecule has 1 aliphatic heterocycles. The topological polar surface area (TPSA) is 18.5 Å². The van der Waals surface area contributed by atoms with Gasteiger partial charge in [-0.05, 0) is 59.3 Å². The predicted octanol–water partition coefficient (Wildman–Crippen LogP) is 2.82. The Labute approximate surface area is 127 Å². The van der Waals surface area contributed by atoms with Crippen LogP contribution in [0.5, 0.6) is 0 Å². The summed E-state index contributed by atoms with van der Waals surface area (Å²) in [6, 6.07) is 1.41. The molecule has 0 aromatic rings. The monoisotopic (exact) mass is 283 g/mol. The lowest BCUT2D eigenvalue weighted by atomic mass is 10.1. The second-order valence-electron chi connectivity index (χ2n) is 7.14. The van der Waals surface area contributed by atoms with Gasteiger partial charge in [0.05, 0.1) is 0 Å². The summed E-state index contributed by atoms with van der Waals surface area (Å²) in [6.07, 6.45) is 5.47. The third kappa shape index (κ3) is 7.05. The van der Waals surface area contributed by atoms with E-state index in [1.807, 2.05) is 0 Å². The molecule has 0 spiro atoms. The summed E-state index contributed by atoms with van der Waals surface area (Å²) in [6.45, 7) is 15.4. The van der Waals surface area contributed by atoms with Crippen LogP contribution in [0.1, 0.15) is 53.4 Å². The standard InChI is InChI=1S/C17H37N3/c1-15(2)12-18-10-8-6-7-9-11-20-13-16(3)19(5)17(4)14-20/h15-18H,6-14H2,1-5H3. The van der Waals surface area contributed by atoms with Crippen LogP contribution in [0.2, 0.25) is 0 Å². The van der Waals surface area contributed by atoms with Crippen molar-refractivity contribution >= 4 is 0 Å². The fraction of sp³-hybridized carbons (Fsp3) is 1.00. The van der Waals surface area contributed by atoms with Crippen LogP contribution in [-0.4, -0.2) is 61.7 Å². The summed E-state index contributed by atoms with van der Waals surface area (Å²) < 4.78 is 0. The second-order valence-corrected chi connectivity index (χ2v) is 7.14. The Morgan fingerprint density at radius 1 is 1.00 bits per heavy atom. The summed E-state index contributed by atoms with van der Waals surface area (Å²) in [4.78, 5) is 5.17. The van der Waals surface area contributed by atoms with Crippen molar-refractivity contribution in [2.45, 2.75) is 65.5 Å². The van der Waals surface area contributed by atoms with E-state index in [1.165, 1.54) is 51.9 Å². The van der Waals surface area contributed by atoms with Gasteiger partial charge in [-0.15, -0.1) is 0 Å². The number of rotatable bonds is 9. The Hall–Kier alpha value is -0.120. The zero-order valence-corrected chi connectivity index (χ0v) is 14.5. The van der Waals surface area contributed by atoms with E-state index in [2.05, 4.69) is 49.9 Å². The first-order valence-electron chi connectivity index (χ1n) is 8.65. The molecule has 0 radical (unpaired) electrons. The third-order valence-corrected chi connectivity index (χ3v) is 4.57. The van der Waals surface area contributed by atoms with Gasteiger partial charge in [-0.2, -0.15) is 0 Å². The van der Waals surface area contributed by atoms with E-state index in [0.717, 1.165) is 12.5 Å². The van der Waals surface area contributed by atoms with Crippen LogP contribution in [0.4, 0.5) is 0 Å².